The number of carbonyl (C=O) groups excluding carboxylic acids is 1. The topological polar surface area (TPSA) is 97.9 Å². The molecular formula is C17H26N6O2. The fraction of sp³-hybridized carbons (Fsp3) is 0.647. The first-order valence-corrected chi connectivity index (χ1v) is 8.88. The number of nitrogens with zero attached hydrogens (tertiary/aromatic N) is 5. The van der Waals surface area contributed by atoms with Crippen LogP contribution in [0.25, 0.3) is 0 Å². The van der Waals surface area contributed by atoms with Gasteiger partial charge in [0.05, 0.1) is 17.0 Å². The maximum atomic E-state index is 12.5. The molecule has 8 nitrogen and oxygen atoms in total. The van der Waals surface area contributed by atoms with Crippen molar-refractivity contribution < 1.29 is 9.90 Å². The molecule has 2 heterocycles. The lowest BCUT2D eigenvalue weighted by Crippen LogP contribution is -2.39. The first-order chi connectivity index (χ1) is 12.1. The Morgan fingerprint density at radius 1 is 1.40 bits per heavy atom. The van der Waals surface area contributed by atoms with Crippen LogP contribution in [0.3, 0.4) is 0 Å². The maximum Gasteiger partial charge on any atom is 0.254 e. The number of aryl methyl sites for hydroxylation is 3. The van der Waals surface area contributed by atoms with Gasteiger partial charge in [0.2, 0.25) is 0 Å². The lowest BCUT2D eigenvalue weighted by molar-refractivity contribution is 0.0924. The molecule has 0 aromatic carbocycles. The fourth-order valence-corrected chi connectivity index (χ4v) is 3.56. The van der Waals surface area contributed by atoms with E-state index in [-0.39, 0.29) is 18.6 Å². The average molecular weight is 346 g/mol. The standard InChI is InChI=1S/C17H26N6O2/c1-12-15(11-22(2)20-12)17(25)18-16-7-3-5-13(16)9-23-10-14(19-21-23)6-4-8-24/h10-11,13,16,24H,3-9H2,1-2H3,(H,18,25)/t13-,16-/m1/s1. The van der Waals surface area contributed by atoms with Crippen LogP contribution in [0.2, 0.25) is 0 Å². The van der Waals surface area contributed by atoms with Crippen molar-refractivity contribution in [1.29, 1.82) is 0 Å². The quantitative estimate of drug-likeness (QED) is 0.774. The highest BCUT2D eigenvalue weighted by atomic mass is 16.2. The molecule has 2 N–H and O–H groups in total. The van der Waals surface area contributed by atoms with Crippen LogP contribution in [0.1, 0.15) is 47.4 Å². The minimum absolute atomic E-state index is 0.0512. The minimum Gasteiger partial charge on any atom is -0.396 e. The van der Waals surface area contributed by atoms with Crippen molar-refractivity contribution in [2.45, 2.75) is 51.6 Å². The number of nitrogens with one attached hydrogen (secondary N) is 1. The van der Waals surface area contributed by atoms with E-state index >= 15 is 0 Å². The second kappa shape index (κ2) is 7.77. The molecule has 0 aliphatic heterocycles. The van der Waals surface area contributed by atoms with E-state index in [2.05, 4.69) is 20.7 Å². The Morgan fingerprint density at radius 3 is 2.96 bits per heavy atom. The largest absolute Gasteiger partial charge is 0.396 e. The molecule has 0 spiro atoms. The van der Waals surface area contributed by atoms with Crippen LogP contribution in [0.5, 0.6) is 0 Å². The lowest BCUT2D eigenvalue weighted by Gasteiger charge is -2.20. The van der Waals surface area contributed by atoms with Crippen molar-refractivity contribution >= 4 is 5.91 Å². The summed E-state index contributed by atoms with van der Waals surface area (Å²) in [6.45, 7) is 2.77. The third-order valence-electron chi connectivity index (χ3n) is 4.83. The highest BCUT2D eigenvalue weighted by Crippen LogP contribution is 2.27. The third-order valence-corrected chi connectivity index (χ3v) is 4.83. The van der Waals surface area contributed by atoms with Gasteiger partial charge < -0.3 is 10.4 Å². The predicted octanol–water partition coefficient (Wildman–Crippen LogP) is 0.844. The molecule has 0 unspecified atom stereocenters. The fourth-order valence-electron chi connectivity index (χ4n) is 3.56. The summed E-state index contributed by atoms with van der Waals surface area (Å²) in [5.74, 6) is 0.304. The second-order valence-corrected chi connectivity index (χ2v) is 6.83. The molecule has 1 saturated carbocycles. The Hall–Kier alpha value is -2.22. The van der Waals surface area contributed by atoms with Crippen LogP contribution in [0.4, 0.5) is 0 Å². The number of carbonyl (C=O) groups is 1. The first kappa shape index (κ1) is 17.6. The monoisotopic (exact) mass is 346 g/mol. The summed E-state index contributed by atoms with van der Waals surface area (Å²) < 4.78 is 3.52. The van der Waals surface area contributed by atoms with E-state index in [1.165, 1.54) is 0 Å². The van der Waals surface area contributed by atoms with E-state index in [0.29, 0.717) is 17.9 Å². The molecule has 2 aromatic heterocycles. The van der Waals surface area contributed by atoms with Crippen LogP contribution < -0.4 is 5.32 Å². The summed E-state index contributed by atoms with van der Waals surface area (Å²) in [6, 6.07) is 0.150. The average Bonchev–Trinajstić information content (AvgIpc) is 3.28. The van der Waals surface area contributed by atoms with E-state index in [1.54, 1.807) is 10.9 Å². The number of aliphatic hydroxyl groups is 1. The molecule has 0 saturated heterocycles. The predicted molar refractivity (Wildman–Crippen MR) is 92.0 cm³/mol. The van der Waals surface area contributed by atoms with Gasteiger partial charge in [-0.2, -0.15) is 5.10 Å². The Morgan fingerprint density at radius 2 is 2.24 bits per heavy atom. The summed E-state index contributed by atoms with van der Waals surface area (Å²) in [7, 11) is 1.82. The van der Waals surface area contributed by atoms with Crippen molar-refractivity contribution in [3.8, 4) is 0 Å². The van der Waals surface area contributed by atoms with E-state index < -0.39 is 0 Å². The van der Waals surface area contributed by atoms with Gasteiger partial charge in [-0.05, 0) is 38.5 Å². The molecule has 2 atom stereocenters. The molecule has 0 bridgehead atoms. The highest BCUT2D eigenvalue weighted by molar-refractivity contribution is 5.95. The number of rotatable bonds is 7. The molecular weight excluding hydrogens is 320 g/mol. The Labute approximate surface area is 147 Å². The van der Waals surface area contributed by atoms with Gasteiger partial charge in [0.25, 0.3) is 5.91 Å². The number of hydrogen-bond acceptors (Lipinski definition) is 5. The Balaban J connectivity index is 1.59. The van der Waals surface area contributed by atoms with Gasteiger partial charge in [-0.25, -0.2) is 0 Å². The normalized spacial score (nSPS) is 20.1. The van der Waals surface area contributed by atoms with Crippen LogP contribution in [-0.2, 0) is 20.0 Å². The van der Waals surface area contributed by atoms with Gasteiger partial charge in [-0.1, -0.05) is 11.6 Å². The minimum atomic E-state index is -0.0512. The number of aromatic nitrogens is 5. The van der Waals surface area contributed by atoms with E-state index in [0.717, 1.165) is 43.6 Å². The molecule has 1 fully saturated rings. The van der Waals surface area contributed by atoms with E-state index in [9.17, 15) is 4.79 Å². The second-order valence-electron chi connectivity index (χ2n) is 6.83. The van der Waals surface area contributed by atoms with Crippen LogP contribution in [-0.4, -0.2) is 48.4 Å². The molecule has 8 heteroatoms. The molecule has 2 aromatic rings. The van der Waals surface area contributed by atoms with Crippen molar-refractivity contribution in [3.05, 3.63) is 29.3 Å². The Bertz CT molecular complexity index is 723. The van der Waals surface area contributed by atoms with Gasteiger partial charge in [0.15, 0.2) is 0 Å². The summed E-state index contributed by atoms with van der Waals surface area (Å²) in [5.41, 5.74) is 2.29. The van der Waals surface area contributed by atoms with Crippen LogP contribution in [0.15, 0.2) is 12.4 Å². The zero-order valence-electron chi connectivity index (χ0n) is 14.9. The molecule has 25 heavy (non-hydrogen) atoms. The van der Waals surface area contributed by atoms with Gasteiger partial charge in [0, 0.05) is 38.6 Å². The number of hydrogen-bond donors (Lipinski definition) is 2. The molecule has 1 aliphatic rings. The molecule has 3 rings (SSSR count). The number of amides is 1. The molecule has 136 valence electrons. The lowest BCUT2D eigenvalue weighted by atomic mass is 10.0. The maximum absolute atomic E-state index is 12.5. The van der Waals surface area contributed by atoms with E-state index in [1.807, 2.05) is 24.9 Å². The zero-order chi connectivity index (χ0) is 17.8. The SMILES string of the molecule is Cc1nn(C)cc1C(=O)N[C@@H]1CCC[C@@H]1Cn1cc(CCCO)nn1. The van der Waals surface area contributed by atoms with Crippen molar-refractivity contribution in [1.82, 2.24) is 30.1 Å². The van der Waals surface area contributed by atoms with Crippen molar-refractivity contribution in [2.75, 3.05) is 6.61 Å². The van der Waals surface area contributed by atoms with Gasteiger partial charge in [0.1, 0.15) is 0 Å². The molecule has 1 aliphatic carbocycles. The number of aliphatic hydroxyl groups excluding tert-OH is 1. The zero-order valence-corrected chi connectivity index (χ0v) is 14.9. The van der Waals surface area contributed by atoms with Gasteiger partial charge in [-0.15, -0.1) is 5.10 Å². The van der Waals surface area contributed by atoms with Crippen molar-refractivity contribution in [2.24, 2.45) is 13.0 Å². The van der Waals surface area contributed by atoms with Gasteiger partial charge in [-0.3, -0.25) is 14.2 Å². The summed E-state index contributed by atoms with van der Waals surface area (Å²) in [4.78, 5) is 12.5. The Kier molecular flexibility index (Phi) is 5.47. The smallest absolute Gasteiger partial charge is 0.254 e. The highest BCUT2D eigenvalue weighted by Gasteiger charge is 2.30. The summed E-state index contributed by atoms with van der Waals surface area (Å²) in [5, 5.41) is 24.6. The van der Waals surface area contributed by atoms with E-state index in [4.69, 9.17) is 5.11 Å². The van der Waals surface area contributed by atoms with Crippen molar-refractivity contribution in [3.63, 3.8) is 0 Å². The van der Waals surface area contributed by atoms with Crippen LogP contribution in [0, 0.1) is 12.8 Å². The summed E-state index contributed by atoms with van der Waals surface area (Å²) >= 11 is 0. The van der Waals surface area contributed by atoms with Crippen LogP contribution >= 0.6 is 0 Å². The summed E-state index contributed by atoms with van der Waals surface area (Å²) in [6.07, 6.45) is 8.31. The molecule has 0 radical (unpaired) electrons. The van der Waals surface area contributed by atoms with Gasteiger partial charge >= 0.3 is 0 Å². The first-order valence-electron chi connectivity index (χ1n) is 8.88. The molecule has 1 amide bonds. The third kappa shape index (κ3) is 4.25.